The van der Waals surface area contributed by atoms with Gasteiger partial charge in [-0.05, 0) is 12.1 Å². The molecule has 1 N–H and O–H groups in total. The van der Waals surface area contributed by atoms with E-state index in [-0.39, 0.29) is 12.2 Å². The van der Waals surface area contributed by atoms with E-state index in [1.807, 2.05) is 30.3 Å². The van der Waals surface area contributed by atoms with Gasteiger partial charge in [-0.2, -0.15) is 0 Å². The summed E-state index contributed by atoms with van der Waals surface area (Å²) in [7, 11) is 1.72. The summed E-state index contributed by atoms with van der Waals surface area (Å²) < 4.78 is 11.1. The molecular weight excluding hydrogens is 178 g/mol. The number of hydrogen-bond acceptors (Lipinski definition) is 3. The van der Waals surface area contributed by atoms with Crippen molar-refractivity contribution < 1.29 is 9.47 Å². The van der Waals surface area contributed by atoms with Crippen LogP contribution in [0.4, 0.5) is 0 Å². The van der Waals surface area contributed by atoms with Crippen molar-refractivity contribution in [1.29, 1.82) is 0 Å². The Balaban J connectivity index is 1.97. The van der Waals surface area contributed by atoms with Crippen molar-refractivity contribution in [3.05, 3.63) is 30.3 Å². The van der Waals surface area contributed by atoms with Gasteiger partial charge in [-0.1, -0.05) is 18.2 Å². The Morgan fingerprint density at radius 2 is 1.86 bits per heavy atom. The van der Waals surface area contributed by atoms with Crippen LogP contribution in [0.25, 0.3) is 0 Å². The number of nitrogens with one attached hydrogen (secondary N) is 1. The molecule has 0 unspecified atom stereocenters. The van der Waals surface area contributed by atoms with Crippen LogP contribution in [-0.4, -0.2) is 32.4 Å². The summed E-state index contributed by atoms with van der Waals surface area (Å²) in [6, 6.07) is 9.85. The van der Waals surface area contributed by atoms with Gasteiger partial charge in [0.15, 0.2) is 0 Å². The number of rotatable bonds is 3. The molecule has 1 fully saturated rings. The summed E-state index contributed by atoms with van der Waals surface area (Å²) in [6.07, 6.45) is 0.289. The second kappa shape index (κ2) is 4.44. The lowest BCUT2D eigenvalue weighted by molar-refractivity contribution is 0.0346. The van der Waals surface area contributed by atoms with Gasteiger partial charge >= 0.3 is 0 Å². The van der Waals surface area contributed by atoms with Gasteiger partial charge in [-0.25, -0.2) is 0 Å². The second-order valence-corrected chi connectivity index (χ2v) is 3.40. The molecule has 1 aliphatic heterocycles. The zero-order chi connectivity index (χ0) is 9.80. The predicted molar refractivity (Wildman–Crippen MR) is 54.5 cm³/mol. The Bertz CT molecular complexity index is 276. The number of methoxy groups -OCH3 is 1. The van der Waals surface area contributed by atoms with Gasteiger partial charge in [-0.15, -0.1) is 0 Å². The van der Waals surface area contributed by atoms with Gasteiger partial charge in [-0.3, -0.25) is 0 Å². The standard InChI is InChI=1S/C11H15NO2/c1-13-10-7-12-8-11(10)14-9-5-3-2-4-6-9/h2-6,10-12H,7-8H2,1H3/t10-,11-/m1/s1. The van der Waals surface area contributed by atoms with Gasteiger partial charge in [0.05, 0.1) is 0 Å². The summed E-state index contributed by atoms with van der Waals surface area (Å²) >= 11 is 0. The molecule has 1 heterocycles. The van der Waals surface area contributed by atoms with E-state index in [1.165, 1.54) is 0 Å². The molecule has 0 aromatic heterocycles. The molecule has 3 nitrogen and oxygen atoms in total. The van der Waals surface area contributed by atoms with Crippen LogP contribution >= 0.6 is 0 Å². The van der Waals surface area contributed by atoms with Gasteiger partial charge < -0.3 is 14.8 Å². The summed E-state index contributed by atoms with van der Waals surface area (Å²) in [5.41, 5.74) is 0. The molecule has 76 valence electrons. The maximum absolute atomic E-state index is 5.79. The molecule has 3 heteroatoms. The fraction of sp³-hybridized carbons (Fsp3) is 0.455. The highest BCUT2D eigenvalue weighted by molar-refractivity contribution is 5.21. The van der Waals surface area contributed by atoms with Gasteiger partial charge in [0.25, 0.3) is 0 Å². The number of ether oxygens (including phenoxy) is 2. The Labute approximate surface area is 84.0 Å². The van der Waals surface area contributed by atoms with E-state index in [0.717, 1.165) is 18.8 Å². The fourth-order valence-corrected chi connectivity index (χ4v) is 1.66. The Hall–Kier alpha value is -1.06. The van der Waals surface area contributed by atoms with Crippen LogP contribution in [0.2, 0.25) is 0 Å². The molecule has 0 bridgehead atoms. The summed E-state index contributed by atoms with van der Waals surface area (Å²) in [4.78, 5) is 0. The average Bonchev–Trinajstić information content (AvgIpc) is 2.67. The predicted octanol–water partition coefficient (Wildman–Crippen LogP) is 1.05. The minimum Gasteiger partial charge on any atom is -0.486 e. The van der Waals surface area contributed by atoms with Gasteiger partial charge in [0.1, 0.15) is 18.0 Å². The molecule has 1 aromatic rings. The lowest BCUT2D eigenvalue weighted by Crippen LogP contribution is -2.31. The van der Waals surface area contributed by atoms with Crippen LogP contribution in [0, 0.1) is 0 Å². The van der Waals surface area contributed by atoms with Crippen LogP contribution in [0.3, 0.4) is 0 Å². The number of para-hydroxylation sites is 1. The Morgan fingerprint density at radius 1 is 1.14 bits per heavy atom. The highest BCUT2D eigenvalue weighted by atomic mass is 16.5. The van der Waals surface area contributed by atoms with Crippen LogP contribution in [-0.2, 0) is 4.74 Å². The SMILES string of the molecule is CO[C@@H]1CNC[C@H]1Oc1ccccc1. The van der Waals surface area contributed by atoms with Crippen LogP contribution in [0.15, 0.2) is 30.3 Å². The van der Waals surface area contributed by atoms with Crippen molar-refractivity contribution in [2.75, 3.05) is 20.2 Å². The van der Waals surface area contributed by atoms with E-state index in [2.05, 4.69) is 5.32 Å². The first-order chi connectivity index (χ1) is 6.90. The van der Waals surface area contributed by atoms with E-state index in [9.17, 15) is 0 Å². The molecule has 1 aromatic carbocycles. The van der Waals surface area contributed by atoms with Crippen molar-refractivity contribution in [2.45, 2.75) is 12.2 Å². The highest BCUT2D eigenvalue weighted by Crippen LogP contribution is 2.15. The number of benzene rings is 1. The first kappa shape index (κ1) is 9.49. The quantitative estimate of drug-likeness (QED) is 0.778. The molecule has 0 amide bonds. The zero-order valence-corrected chi connectivity index (χ0v) is 8.27. The molecule has 1 saturated heterocycles. The van der Waals surface area contributed by atoms with Crippen molar-refractivity contribution in [3.63, 3.8) is 0 Å². The minimum atomic E-state index is 0.127. The fourth-order valence-electron chi connectivity index (χ4n) is 1.66. The zero-order valence-electron chi connectivity index (χ0n) is 8.27. The Kier molecular flexibility index (Phi) is 3.01. The topological polar surface area (TPSA) is 30.5 Å². The summed E-state index contributed by atoms with van der Waals surface area (Å²) in [5, 5.41) is 3.24. The maximum atomic E-state index is 5.79. The molecule has 2 atom stereocenters. The molecule has 14 heavy (non-hydrogen) atoms. The van der Waals surface area contributed by atoms with Gasteiger partial charge in [0.2, 0.25) is 0 Å². The van der Waals surface area contributed by atoms with Crippen molar-refractivity contribution >= 4 is 0 Å². The lowest BCUT2D eigenvalue weighted by atomic mass is 10.2. The van der Waals surface area contributed by atoms with E-state index in [1.54, 1.807) is 7.11 Å². The molecular formula is C11H15NO2. The molecule has 0 radical (unpaired) electrons. The molecule has 1 aliphatic rings. The highest BCUT2D eigenvalue weighted by Gasteiger charge is 2.28. The van der Waals surface area contributed by atoms with Crippen molar-refractivity contribution in [3.8, 4) is 5.75 Å². The van der Waals surface area contributed by atoms with Crippen molar-refractivity contribution in [1.82, 2.24) is 5.32 Å². The minimum absolute atomic E-state index is 0.127. The largest absolute Gasteiger partial charge is 0.486 e. The van der Waals surface area contributed by atoms with E-state index < -0.39 is 0 Å². The van der Waals surface area contributed by atoms with Crippen molar-refractivity contribution in [2.24, 2.45) is 0 Å². The van der Waals surface area contributed by atoms with Crippen LogP contribution in [0.1, 0.15) is 0 Å². The smallest absolute Gasteiger partial charge is 0.138 e. The molecule has 0 saturated carbocycles. The molecule has 0 aliphatic carbocycles. The van der Waals surface area contributed by atoms with E-state index in [0.29, 0.717) is 0 Å². The van der Waals surface area contributed by atoms with Gasteiger partial charge in [0, 0.05) is 20.2 Å². The molecule has 0 spiro atoms. The third-order valence-corrected chi connectivity index (χ3v) is 2.44. The first-order valence-corrected chi connectivity index (χ1v) is 4.85. The summed E-state index contributed by atoms with van der Waals surface area (Å²) in [6.45, 7) is 1.72. The van der Waals surface area contributed by atoms with E-state index in [4.69, 9.17) is 9.47 Å². The third-order valence-electron chi connectivity index (χ3n) is 2.44. The molecule has 2 rings (SSSR count). The third kappa shape index (κ3) is 2.05. The Morgan fingerprint density at radius 3 is 2.57 bits per heavy atom. The first-order valence-electron chi connectivity index (χ1n) is 4.85. The lowest BCUT2D eigenvalue weighted by Gasteiger charge is -2.18. The normalized spacial score (nSPS) is 26.4. The van der Waals surface area contributed by atoms with Crippen LogP contribution < -0.4 is 10.1 Å². The number of hydrogen-bond donors (Lipinski definition) is 1. The second-order valence-electron chi connectivity index (χ2n) is 3.40. The van der Waals surface area contributed by atoms with Crippen LogP contribution in [0.5, 0.6) is 5.75 Å². The van der Waals surface area contributed by atoms with E-state index >= 15 is 0 Å². The monoisotopic (exact) mass is 193 g/mol. The maximum Gasteiger partial charge on any atom is 0.138 e. The average molecular weight is 193 g/mol. The summed E-state index contributed by atoms with van der Waals surface area (Å²) in [5.74, 6) is 0.906.